The number of hydrogen-bond acceptors (Lipinski definition) is 5. The lowest BCUT2D eigenvalue weighted by molar-refractivity contribution is 0.158. The molecule has 1 atom stereocenters. The minimum absolute atomic E-state index is 0.0641. The monoisotopic (exact) mass is 228 g/mol. The number of aliphatic hydroxyl groups is 2. The van der Waals surface area contributed by atoms with Crippen LogP contribution >= 0.6 is 0 Å². The van der Waals surface area contributed by atoms with Crippen molar-refractivity contribution in [3.8, 4) is 0 Å². The van der Waals surface area contributed by atoms with Crippen molar-refractivity contribution in [1.29, 1.82) is 0 Å². The van der Waals surface area contributed by atoms with Gasteiger partial charge in [-0.25, -0.2) is 0 Å². The molecular formula is C11H20N2O3. The van der Waals surface area contributed by atoms with Crippen molar-refractivity contribution in [2.45, 2.75) is 45.9 Å². The fraction of sp³-hybridized carbons (Fsp3) is 0.727. The molecule has 1 unspecified atom stereocenters. The van der Waals surface area contributed by atoms with E-state index in [1.807, 2.05) is 20.8 Å². The van der Waals surface area contributed by atoms with Gasteiger partial charge in [0.25, 0.3) is 0 Å². The Labute approximate surface area is 95.5 Å². The summed E-state index contributed by atoms with van der Waals surface area (Å²) in [6.07, 6.45) is -0.715. The average molecular weight is 228 g/mol. The van der Waals surface area contributed by atoms with Gasteiger partial charge in [-0.1, -0.05) is 5.16 Å². The summed E-state index contributed by atoms with van der Waals surface area (Å²) in [4.78, 5) is 0. The maximum absolute atomic E-state index is 9.99. The van der Waals surface area contributed by atoms with Crippen molar-refractivity contribution in [1.82, 2.24) is 10.5 Å². The van der Waals surface area contributed by atoms with Crippen LogP contribution in [-0.2, 0) is 6.61 Å². The summed E-state index contributed by atoms with van der Waals surface area (Å²) in [6, 6.07) is 0. The Hall–Kier alpha value is -0.910. The molecule has 0 radical (unpaired) electrons. The molecule has 0 aliphatic carbocycles. The topological polar surface area (TPSA) is 78.5 Å². The lowest BCUT2D eigenvalue weighted by atomic mass is 10.0. The molecular weight excluding hydrogens is 208 g/mol. The number of rotatable bonds is 4. The SMILES string of the molecule is Cc1onc(CO)c1C(O)CNC(C)(C)C. The second-order valence-corrected chi connectivity index (χ2v) is 4.90. The fourth-order valence-corrected chi connectivity index (χ4v) is 1.47. The van der Waals surface area contributed by atoms with Crippen LogP contribution in [0.25, 0.3) is 0 Å². The third-order valence-electron chi connectivity index (χ3n) is 2.29. The van der Waals surface area contributed by atoms with Crippen LogP contribution in [-0.4, -0.2) is 27.5 Å². The van der Waals surface area contributed by atoms with Gasteiger partial charge in [-0.05, 0) is 27.7 Å². The van der Waals surface area contributed by atoms with Gasteiger partial charge in [0.15, 0.2) is 0 Å². The van der Waals surface area contributed by atoms with Gasteiger partial charge in [0, 0.05) is 17.6 Å². The van der Waals surface area contributed by atoms with Crippen molar-refractivity contribution in [3.63, 3.8) is 0 Å². The van der Waals surface area contributed by atoms with E-state index in [-0.39, 0.29) is 12.1 Å². The molecule has 0 aliphatic heterocycles. The van der Waals surface area contributed by atoms with Gasteiger partial charge in [-0.3, -0.25) is 0 Å². The maximum atomic E-state index is 9.99. The molecule has 0 aromatic carbocycles. The van der Waals surface area contributed by atoms with E-state index in [0.29, 0.717) is 23.6 Å². The number of nitrogens with zero attached hydrogens (tertiary/aromatic N) is 1. The molecule has 0 spiro atoms. The summed E-state index contributed by atoms with van der Waals surface area (Å²) in [7, 11) is 0. The molecule has 0 aliphatic rings. The van der Waals surface area contributed by atoms with Crippen molar-refractivity contribution in [3.05, 3.63) is 17.0 Å². The molecule has 16 heavy (non-hydrogen) atoms. The highest BCUT2D eigenvalue weighted by molar-refractivity contribution is 5.24. The Bertz CT molecular complexity index is 341. The van der Waals surface area contributed by atoms with E-state index in [0.717, 1.165) is 0 Å². The molecule has 0 saturated carbocycles. The molecule has 0 amide bonds. The van der Waals surface area contributed by atoms with E-state index in [1.54, 1.807) is 6.92 Å². The average Bonchev–Trinajstić information content (AvgIpc) is 2.55. The normalized spacial score (nSPS) is 14.1. The zero-order valence-electron chi connectivity index (χ0n) is 10.2. The highest BCUT2D eigenvalue weighted by Gasteiger charge is 2.21. The Kier molecular flexibility index (Phi) is 4.07. The number of aliphatic hydroxyl groups excluding tert-OH is 2. The predicted octanol–water partition coefficient (Wildman–Crippen LogP) is 0.897. The molecule has 0 fully saturated rings. The second kappa shape index (κ2) is 4.95. The summed E-state index contributed by atoms with van der Waals surface area (Å²) in [5, 5.41) is 25.9. The van der Waals surface area contributed by atoms with Gasteiger partial charge in [0.1, 0.15) is 11.5 Å². The zero-order chi connectivity index (χ0) is 12.3. The van der Waals surface area contributed by atoms with Crippen LogP contribution in [0, 0.1) is 6.92 Å². The Balaban J connectivity index is 2.72. The highest BCUT2D eigenvalue weighted by Crippen LogP contribution is 2.21. The molecule has 5 heteroatoms. The molecule has 5 nitrogen and oxygen atoms in total. The molecule has 0 bridgehead atoms. The van der Waals surface area contributed by atoms with Crippen LogP contribution in [0.1, 0.15) is 43.9 Å². The van der Waals surface area contributed by atoms with Gasteiger partial charge in [-0.2, -0.15) is 0 Å². The first-order valence-corrected chi connectivity index (χ1v) is 5.34. The van der Waals surface area contributed by atoms with Crippen LogP contribution in [0.4, 0.5) is 0 Å². The molecule has 92 valence electrons. The largest absolute Gasteiger partial charge is 0.390 e. The van der Waals surface area contributed by atoms with E-state index in [9.17, 15) is 5.11 Å². The predicted molar refractivity (Wildman–Crippen MR) is 59.9 cm³/mol. The van der Waals surface area contributed by atoms with Crippen molar-refractivity contribution >= 4 is 0 Å². The molecule has 1 rings (SSSR count). The van der Waals surface area contributed by atoms with E-state index in [1.165, 1.54) is 0 Å². The van der Waals surface area contributed by atoms with Crippen LogP contribution in [0.2, 0.25) is 0 Å². The maximum Gasteiger partial charge on any atom is 0.139 e. The summed E-state index contributed by atoms with van der Waals surface area (Å²) in [6.45, 7) is 7.97. The molecule has 1 aromatic heterocycles. The summed E-state index contributed by atoms with van der Waals surface area (Å²) in [5.41, 5.74) is 0.922. The van der Waals surface area contributed by atoms with Crippen LogP contribution in [0.5, 0.6) is 0 Å². The number of β-amino-alcohol motifs (C(OH)–C–C–N with tert-alkyl or cyclic N) is 1. The van der Waals surface area contributed by atoms with E-state index < -0.39 is 6.10 Å². The van der Waals surface area contributed by atoms with Gasteiger partial charge >= 0.3 is 0 Å². The number of aryl methyl sites for hydroxylation is 1. The van der Waals surface area contributed by atoms with Gasteiger partial charge in [-0.15, -0.1) is 0 Å². The standard InChI is InChI=1S/C11H20N2O3/c1-7-10(8(6-14)13-16-7)9(15)5-12-11(2,3)4/h9,12,14-15H,5-6H2,1-4H3. The lowest BCUT2D eigenvalue weighted by Crippen LogP contribution is -2.38. The third-order valence-corrected chi connectivity index (χ3v) is 2.29. The van der Waals surface area contributed by atoms with Crippen molar-refractivity contribution < 1.29 is 14.7 Å². The molecule has 1 aromatic rings. The lowest BCUT2D eigenvalue weighted by Gasteiger charge is -2.22. The summed E-state index contributed by atoms with van der Waals surface area (Å²) in [5.74, 6) is 0.548. The first kappa shape index (κ1) is 13.2. The van der Waals surface area contributed by atoms with Crippen LogP contribution < -0.4 is 5.32 Å². The van der Waals surface area contributed by atoms with Crippen molar-refractivity contribution in [2.24, 2.45) is 0 Å². The smallest absolute Gasteiger partial charge is 0.139 e. The van der Waals surface area contributed by atoms with E-state index >= 15 is 0 Å². The first-order valence-electron chi connectivity index (χ1n) is 5.34. The van der Waals surface area contributed by atoms with E-state index in [2.05, 4.69) is 10.5 Å². The Morgan fingerprint density at radius 1 is 1.44 bits per heavy atom. The molecule has 1 heterocycles. The fourth-order valence-electron chi connectivity index (χ4n) is 1.47. The quantitative estimate of drug-likeness (QED) is 0.713. The number of aromatic nitrogens is 1. The van der Waals surface area contributed by atoms with Gasteiger partial charge < -0.3 is 20.1 Å². The second-order valence-electron chi connectivity index (χ2n) is 4.90. The van der Waals surface area contributed by atoms with Crippen molar-refractivity contribution in [2.75, 3.05) is 6.54 Å². The summed E-state index contributed by atoms with van der Waals surface area (Å²) >= 11 is 0. The third kappa shape index (κ3) is 3.30. The number of hydrogen-bond donors (Lipinski definition) is 3. The first-order chi connectivity index (χ1) is 7.35. The van der Waals surface area contributed by atoms with Gasteiger partial charge in [0.2, 0.25) is 0 Å². The Morgan fingerprint density at radius 2 is 2.06 bits per heavy atom. The molecule has 3 N–H and O–H groups in total. The Morgan fingerprint density at radius 3 is 2.56 bits per heavy atom. The summed E-state index contributed by atoms with van der Waals surface area (Å²) < 4.78 is 4.94. The van der Waals surface area contributed by atoms with Crippen LogP contribution in [0.15, 0.2) is 4.52 Å². The number of nitrogens with one attached hydrogen (secondary N) is 1. The molecule has 0 saturated heterocycles. The van der Waals surface area contributed by atoms with Crippen LogP contribution in [0.3, 0.4) is 0 Å². The minimum Gasteiger partial charge on any atom is -0.390 e. The van der Waals surface area contributed by atoms with Gasteiger partial charge in [0.05, 0.1) is 12.7 Å². The minimum atomic E-state index is -0.715. The zero-order valence-corrected chi connectivity index (χ0v) is 10.2. The highest BCUT2D eigenvalue weighted by atomic mass is 16.5. The van der Waals surface area contributed by atoms with E-state index in [4.69, 9.17) is 9.63 Å².